The van der Waals surface area contributed by atoms with Crippen molar-refractivity contribution in [3.05, 3.63) is 0 Å². The highest BCUT2D eigenvalue weighted by Crippen LogP contribution is 2.21. The summed E-state index contributed by atoms with van der Waals surface area (Å²) in [6, 6.07) is -0.0774. The van der Waals surface area contributed by atoms with Crippen LogP contribution in [-0.2, 0) is 9.53 Å². The molecule has 1 saturated heterocycles. The molecule has 0 aromatic heterocycles. The molecule has 2 unspecified atom stereocenters. The van der Waals surface area contributed by atoms with Gasteiger partial charge in [-0.05, 0) is 33.1 Å². The summed E-state index contributed by atoms with van der Waals surface area (Å²) in [5.74, 6) is 0.750. The Morgan fingerprint density at radius 1 is 1.47 bits per heavy atom. The van der Waals surface area contributed by atoms with Crippen molar-refractivity contribution < 1.29 is 9.53 Å². The first-order chi connectivity index (χ1) is 7.76. The van der Waals surface area contributed by atoms with E-state index in [9.17, 15) is 4.79 Å². The summed E-state index contributed by atoms with van der Waals surface area (Å²) < 4.78 is 5.41. The number of rotatable bonds is 5. The van der Waals surface area contributed by atoms with Crippen molar-refractivity contribution in [1.82, 2.24) is 10.2 Å². The molecule has 0 radical (unpaired) electrons. The van der Waals surface area contributed by atoms with E-state index >= 15 is 0 Å². The molecular weight excluding hydrogens is 216 g/mol. The van der Waals surface area contributed by atoms with Gasteiger partial charge in [0.1, 0.15) is 0 Å². The van der Waals surface area contributed by atoms with Crippen LogP contribution in [0.3, 0.4) is 0 Å². The minimum atomic E-state index is -0.295. The van der Waals surface area contributed by atoms with Crippen molar-refractivity contribution in [1.29, 1.82) is 0 Å². The Morgan fingerprint density at radius 2 is 2.06 bits per heavy atom. The summed E-state index contributed by atoms with van der Waals surface area (Å²) in [5, 5.41) is 3.35. The van der Waals surface area contributed by atoms with Gasteiger partial charge in [-0.15, -0.1) is 0 Å². The number of ether oxygens (including phenoxy) is 1. The monoisotopic (exact) mass is 242 g/mol. The molecule has 17 heavy (non-hydrogen) atoms. The summed E-state index contributed by atoms with van der Waals surface area (Å²) in [7, 11) is 1.69. The molecule has 2 atom stereocenters. The summed E-state index contributed by atoms with van der Waals surface area (Å²) in [4.78, 5) is 14.0. The van der Waals surface area contributed by atoms with E-state index < -0.39 is 0 Å². The number of hydrogen-bond donors (Lipinski definition) is 1. The normalized spacial score (nSPS) is 26.1. The van der Waals surface area contributed by atoms with E-state index in [0.717, 1.165) is 6.42 Å². The van der Waals surface area contributed by atoms with E-state index in [0.29, 0.717) is 12.5 Å². The Balaban J connectivity index is 2.74. The van der Waals surface area contributed by atoms with Crippen LogP contribution in [0.1, 0.15) is 41.0 Å². The van der Waals surface area contributed by atoms with Gasteiger partial charge >= 0.3 is 0 Å². The second kappa shape index (κ2) is 5.36. The molecule has 1 N–H and O–H groups in total. The summed E-state index contributed by atoms with van der Waals surface area (Å²) >= 11 is 0. The molecule has 1 aliphatic rings. The van der Waals surface area contributed by atoms with Gasteiger partial charge in [0, 0.05) is 7.11 Å². The predicted octanol–water partition coefficient (Wildman–Crippen LogP) is 1.60. The quantitative estimate of drug-likeness (QED) is 0.796. The van der Waals surface area contributed by atoms with Crippen molar-refractivity contribution in [2.75, 3.05) is 13.7 Å². The van der Waals surface area contributed by atoms with Gasteiger partial charge in [-0.2, -0.15) is 0 Å². The molecule has 4 nitrogen and oxygen atoms in total. The van der Waals surface area contributed by atoms with Crippen LogP contribution in [0, 0.1) is 5.92 Å². The smallest absolute Gasteiger partial charge is 0.240 e. The highest BCUT2D eigenvalue weighted by atomic mass is 16.5. The minimum Gasteiger partial charge on any atom is -0.377 e. The zero-order valence-corrected chi connectivity index (χ0v) is 11.9. The van der Waals surface area contributed by atoms with E-state index in [1.54, 1.807) is 7.11 Å². The van der Waals surface area contributed by atoms with Crippen LogP contribution in [0.4, 0.5) is 0 Å². The van der Waals surface area contributed by atoms with Crippen molar-refractivity contribution in [2.24, 2.45) is 5.92 Å². The highest BCUT2D eigenvalue weighted by Gasteiger charge is 2.39. The summed E-state index contributed by atoms with van der Waals surface area (Å²) in [6.07, 6.45) is 1.13. The highest BCUT2D eigenvalue weighted by molar-refractivity contribution is 5.84. The van der Waals surface area contributed by atoms with Gasteiger partial charge in [-0.25, -0.2) is 0 Å². The van der Waals surface area contributed by atoms with Crippen LogP contribution in [-0.4, -0.2) is 42.3 Å². The molecule has 0 aromatic carbocycles. The first-order valence-corrected chi connectivity index (χ1v) is 6.38. The first-order valence-electron chi connectivity index (χ1n) is 6.38. The lowest BCUT2D eigenvalue weighted by Gasteiger charge is -2.33. The van der Waals surface area contributed by atoms with Gasteiger partial charge in [0.25, 0.3) is 0 Å². The van der Waals surface area contributed by atoms with Gasteiger partial charge in [0.2, 0.25) is 5.91 Å². The molecule has 1 fully saturated rings. The van der Waals surface area contributed by atoms with Gasteiger partial charge in [0.15, 0.2) is 0 Å². The lowest BCUT2D eigenvalue weighted by Crippen LogP contribution is -2.46. The van der Waals surface area contributed by atoms with E-state index in [-0.39, 0.29) is 23.7 Å². The average molecular weight is 242 g/mol. The molecule has 0 aromatic rings. The topological polar surface area (TPSA) is 41.6 Å². The largest absolute Gasteiger partial charge is 0.377 e. The molecular formula is C13H26N2O2. The third kappa shape index (κ3) is 3.68. The van der Waals surface area contributed by atoms with E-state index in [2.05, 4.69) is 19.2 Å². The minimum absolute atomic E-state index is 0.0774. The lowest BCUT2D eigenvalue weighted by molar-refractivity contribution is -0.133. The van der Waals surface area contributed by atoms with Gasteiger partial charge in [0.05, 0.1) is 24.4 Å². The van der Waals surface area contributed by atoms with Gasteiger partial charge in [-0.3, -0.25) is 10.1 Å². The molecule has 1 amide bonds. The average Bonchev–Trinajstić information content (AvgIpc) is 2.45. The molecule has 1 heterocycles. The molecule has 100 valence electrons. The zero-order chi connectivity index (χ0) is 13.2. The number of carbonyl (C=O) groups is 1. The number of amides is 1. The number of nitrogens with zero attached hydrogens (tertiary/aromatic N) is 1. The van der Waals surface area contributed by atoms with Crippen LogP contribution < -0.4 is 5.32 Å². The number of nitrogens with one attached hydrogen (secondary N) is 1. The second-order valence-electron chi connectivity index (χ2n) is 5.96. The SMILES string of the molecule is COC(C)(C)CN1C(=O)C(C)NC1CC(C)C. The number of methoxy groups -OCH3 is 1. The van der Waals surface area contributed by atoms with Gasteiger partial charge < -0.3 is 9.64 Å². The second-order valence-corrected chi connectivity index (χ2v) is 5.96. The zero-order valence-electron chi connectivity index (χ0n) is 11.9. The fourth-order valence-corrected chi connectivity index (χ4v) is 2.16. The molecule has 4 heteroatoms. The Hall–Kier alpha value is -0.610. The fraction of sp³-hybridized carbons (Fsp3) is 0.923. The van der Waals surface area contributed by atoms with Crippen molar-refractivity contribution in [2.45, 2.75) is 58.8 Å². The predicted molar refractivity (Wildman–Crippen MR) is 68.6 cm³/mol. The fourth-order valence-electron chi connectivity index (χ4n) is 2.16. The van der Waals surface area contributed by atoms with Crippen molar-refractivity contribution >= 4 is 5.91 Å². The van der Waals surface area contributed by atoms with E-state index in [4.69, 9.17) is 4.74 Å². The van der Waals surface area contributed by atoms with Crippen molar-refractivity contribution in [3.8, 4) is 0 Å². The molecule has 1 rings (SSSR count). The standard InChI is InChI=1S/C13H26N2O2/c1-9(2)7-11-14-10(3)12(16)15(11)8-13(4,5)17-6/h9-11,14H,7-8H2,1-6H3. The molecule has 0 bridgehead atoms. The maximum absolute atomic E-state index is 12.1. The Kier molecular flexibility index (Phi) is 4.55. The van der Waals surface area contributed by atoms with Gasteiger partial charge in [-0.1, -0.05) is 13.8 Å². The third-order valence-electron chi connectivity index (χ3n) is 3.27. The van der Waals surface area contributed by atoms with E-state index in [1.807, 2.05) is 25.7 Å². The first kappa shape index (κ1) is 14.5. The lowest BCUT2D eigenvalue weighted by atomic mass is 10.1. The van der Waals surface area contributed by atoms with Crippen molar-refractivity contribution in [3.63, 3.8) is 0 Å². The number of carbonyl (C=O) groups excluding carboxylic acids is 1. The molecule has 0 aliphatic carbocycles. The molecule has 0 saturated carbocycles. The molecule has 0 spiro atoms. The summed E-state index contributed by atoms with van der Waals surface area (Å²) in [6.45, 7) is 10.9. The van der Waals surface area contributed by atoms with Crippen LogP contribution in [0.5, 0.6) is 0 Å². The Bertz CT molecular complexity index is 277. The maximum atomic E-state index is 12.1. The van der Waals surface area contributed by atoms with E-state index in [1.165, 1.54) is 0 Å². The Morgan fingerprint density at radius 3 is 2.53 bits per heavy atom. The number of hydrogen-bond acceptors (Lipinski definition) is 3. The molecule has 1 aliphatic heterocycles. The van der Waals surface area contributed by atoms with Crippen LogP contribution in [0.2, 0.25) is 0 Å². The van der Waals surface area contributed by atoms with Crippen LogP contribution in [0.25, 0.3) is 0 Å². The summed E-state index contributed by atoms with van der Waals surface area (Å²) in [5.41, 5.74) is -0.295. The Labute approximate surface area is 105 Å². The maximum Gasteiger partial charge on any atom is 0.240 e. The van der Waals surface area contributed by atoms with Crippen LogP contribution >= 0.6 is 0 Å². The van der Waals surface area contributed by atoms with Crippen LogP contribution in [0.15, 0.2) is 0 Å². The third-order valence-corrected chi connectivity index (χ3v) is 3.27.